The Morgan fingerprint density at radius 2 is 1.71 bits per heavy atom. The molecule has 3 aromatic rings. The second kappa shape index (κ2) is 10.7. The van der Waals surface area contributed by atoms with Crippen molar-refractivity contribution in [1.29, 1.82) is 0 Å². The van der Waals surface area contributed by atoms with Gasteiger partial charge in [-0.15, -0.1) is 0 Å². The van der Waals surface area contributed by atoms with E-state index in [1.54, 1.807) is 28.8 Å². The lowest BCUT2D eigenvalue weighted by molar-refractivity contribution is -0.126. The Hall–Kier alpha value is -3.26. The number of fused-ring (bicyclic) bond motifs is 1. The quantitative estimate of drug-likeness (QED) is 0.457. The van der Waals surface area contributed by atoms with Gasteiger partial charge in [-0.3, -0.25) is 9.59 Å². The van der Waals surface area contributed by atoms with Gasteiger partial charge in [-0.05, 0) is 61.2 Å². The molecule has 31 heavy (non-hydrogen) atoms. The minimum Gasteiger partial charge on any atom is -0.367 e. The maximum Gasteiger partial charge on any atom is 0.265 e. The van der Waals surface area contributed by atoms with E-state index in [1.807, 2.05) is 0 Å². The number of primary amides is 1. The van der Waals surface area contributed by atoms with Crippen molar-refractivity contribution in [2.45, 2.75) is 32.4 Å². The largest absolute Gasteiger partial charge is 0.367 e. The van der Waals surface area contributed by atoms with Crippen molar-refractivity contribution < 1.29 is 23.1 Å². The third-order valence-corrected chi connectivity index (χ3v) is 4.91. The van der Waals surface area contributed by atoms with Crippen molar-refractivity contribution in [2.24, 2.45) is 5.73 Å². The van der Waals surface area contributed by atoms with Crippen molar-refractivity contribution in [3.05, 3.63) is 71.4 Å². The Labute approximate surface area is 179 Å². The first-order chi connectivity index (χ1) is 14.9. The van der Waals surface area contributed by atoms with Gasteiger partial charge in [-0.25, -0.2) is 8.78 Å². The number of benzene rings is 2. The highest BCUT2D eigenvalue weighted by Gasteiger charge is 2.13. The van der Waals surface area contributed by atoms with E-state index in [4.69, 9.17) is 10.5 Å². The average Bonchev–Trinajstić information content (AvgIpc) is 3.10. The summed E-state index contributed by atoms with van der Waals surface area (Å²) >= 11 is 0. The molecule has 3 N–H and O–H groups in total. The highest BCUT2D eigenvalue weighted by molar-refractivity contribution is 5.97. The highest BCUT2D eigenvalue weighted by atomic mass is 19.1. The molecule has 0 spiro atoms. The smallest absolute Gasteiger partial charge is 0.265 e. The summed E-state index contributed by atoms with van der Waals surface area (Å²) < 4.78 is 33.4. The van der Waals surface area contributed by atoms with Crippen LogP contribution in [0.1, 0.15) is 35.3 Å². The molecular weight excluding hydrogens is 404 g/mol. The second-order valence-electron chi connectivity index (χ2n) is 7.28. The number of aryl methyl sites for hydroxylation is 1. The molecule has 1 heterocycles. The summed E-state index contributed by atoms with van der Waals surface area (Å²) in [6.45, 7) is 1.26. The van der Waals surface area contributed by atoms with Crippen LogP contribution in [0.3, 0.4) is 0 Å². The normalized spacial score (nSPS) is 11.0. The maximum absolute atomic E-state index is 13.4. The van der Waals surface area contributed by atoms with Crippen LogP contribution in [0.2, 0.25) is 0 Å². The standard InChI is InChI=1S/C23H25F2N3O3/c24-18-6-4-16(5-7-18)14-31-15-22(29)27-10-2-1-3-11-28-20-9-8-19(25)12-17(20)13-21(28)23(26)30/h4-9,12-13H,1-3,10-11,14-15H2,(H2,26,30)(H,27,29). The summed E-state index contributed by atoms with van der Waals surface area (Å²) in [5.41, 5.74) is 7.37. The molecule has 0 aliphatic heterocycles. The van der Waals surface area contributed by atoms with Crippen molar-refractivity contribution >= 4 is 22.7 Å². The van der Waals surface area contributed by atoms with Gasteiger partial charge in [0.15, 0.2) is 0 Å². The predicted molar refractivity (Wildman–Crippen MR) is 113 cm³/mol. The summed E-state index contributed by atoms with van der Waals surface area (Å²) in [5.74, 6) is -1.44. The summed E-state index contributed by atoms with van der Waals surface area (Å²) in [6.07, 6.45) is 2.37. The van der Waals surface area contributed by atoms with Crippen LogP contribution < -0.4 is 11.1 Å². The maximum atomic E-state index is 13.4. The molecule has 0 atom stereocenters. The van der Waals surface area contributed by atoms with Crippen LogP contribution in [0.15, 0.2) is 48.5 Å². The van der Waals surface area contributed by atoms with Crippen molar-refractivity contribution in [3.8, 4) is 0 Å². The summed E-state index contributed by atoms with van der Waals surface area (Å²) in [5, 5.41) is 3.43. The van der Waals surface area contributed by atoms with E-state index in [-0.39, 0.29) is 30.8 Å². The lowest BCUT2D eigenvalue weighted by Gasteiger charge is -2.09. The van der Waals surface area contributed by atoms with Crippen LogP contribution in [-0.4, -0.2) is 29.5 Å². The molecule has 0 aliphatic carbocycles. The molecule has 2 aromatic carbocycles. The van der Waals surface area contributed by atoms with E-state index in [0.29, 0.717) is 24.2 Å². The molecule has 0 saturated heterocycles. The molecule has 0 fully saturated rings. The summed E-state index contributed by atoms with van der Waals surface area (Å²) in [7, 11) is 0. The summed E-state index contributed by atoms with van der Waals surface area (Å²) in [6, 6.07) is 11.9. The number of carbonyl (C=O) groups excluding carboxylic acids is 2. The third kappa shape index (κ3) is 6.36. The van der Waals surface area contributed by atoms with Gasteiger partial charge in [-0.1, -0.05) is 12.1 Å². The molecule has 2 amide bonds. The molecule has 0 saturated carbocycles. The van der Waals surface area contributed by atoms with Crippen LogP contribution in [0.25, 0.3) is 10.9 Å². The number of nitrogens with zero attached hydrogens (tertiary/aromatic N) is 1. The molecule has 1 aromatic heterocycles. The van der Waals surface area contributed by atoms with Gasteiger partial charge >= 0.3 is 0 Å². The van der Waals surface area contributed by atoms with E-state index < -0.39 is 5.91 Å². The number of carbonyl (C=O) groups is 2. The lowest BCUT2D eigenvalue weighted by atomic mass is 10.2. The number of ether oxygens (including phenoxy) is 1. The van der Waals surface area contributed by atoms with Gasteiger partial charge in [0.05, 0.1) is 6.61 Å². The number of halogens is 2. The Morgan fingerprint density at radius 1 is 0.968 bits per heavy atom. The van der Waals surface area contributed by atoms with Crippen molar-refractivity contribution in [1.82, 2.24) is 9.88 Å². The first-order valence-corrected chi connectivity index (χ1v) is 10.1. The zero-order valence-corrected chi connectivity index (χ0v) is 17.1. The molecule has 3 rings (SSSR count). The number of hydrogen-bond donors (Lipinski definition) is 2. The Morgan fingerprint density at radius 3 is 2.45 bits per heavy atom. The molecule has 6 nitrogen and oxygen atoms in total. The third-order valence-electron chi connectivity index (χ3n) is 4.91. The molecular formula is C23H25F2N3O3. The molecule has 0 bridgehead atoms. The molecule has 164 valence electrons. The fourth-order valence-electron chi connectivity index (χ4n) is 3.38. The minimum absolute atomic E-state index is 0.0642. The first kappa shape index (κ1) is 22.4. The van der Waals surface area contributed by atoms with Crippen molar-refractivity contribution in [2.75, 3.05) is 13.2 Å². The first-order valence-electron chi connectivity index (χ1n) is 10.1. The van der Waals surface area contributed by atoms with E-state index in [0.717, 1.165) is 30.3 Å². The molecule has 0 aliphatic rings. The van der Waals surface area contributed by atoms with Gasteiger partial charge in [0, 0.05) is 24.0 Å². The molecule has 0 radical (unpaired) electrons. The van der Waals surface area contributed by atoms with E-state index in [1.165, 1.54) is 24.3 Å². The second-order valence-corrected chi connectivity index (χ2v) is 7.28. The Bertz CT molecular complexity index is 1050. The molecule has 8 heteroatoms. The number of hydrogen-bond acceptors (Lipinski definition) is 3. The number of nitrogens with two attached hydrogens (primary N) is 1. The van der Waals surface area contributed by atoms with Crippen LogP contribution >= 0.6 is 0 Å². The Balaban J connectivity index is 1.36. The van der Waals surface area contributed by atoms with Crippen LogP contribution in [0.5, 0.6) is 0 Å². The van der Waals surface area contributed by atoms with Gasteiger partial charge < -0.3 is 20.4 Å². The van der Waals surface area contributed by atoms with Gasteiger partial charge in [0.2, 0.25) is 5.91 Å². The average molecular weight is 429 g/mol. The summed E-state index contributed by atoms with van der Waals surface area (Å²) in [4.78, 5) is 23.5. The zero-order valence-electron chi connectivity index (χ0n) is 17.1. The van der Waals surface area contributed by atoms with E-state index in [2.05, 4.69) is 5.32 Å². The van der Waals surface area contributed by atoms with E-state index in [9.17, 15) is 18.4 Å². The number of aromatic nitrogens is 1. The number of nitrogens with one attached hydrogen (secondary N) is 1. The van der Waals surface area contributed by atoms with Gasteiger partial charge in [-0.2, -0.15) is 0 Å². The van der Waals surface area contributed by atoms with Crippen LogP contribution in [-0.2, 0) is 22.7 Å². The SMILES string of the molecule is NC(=O)c1cc2cc(F)ccc2n1CCCCCNC(=O)COCc1ccc(F)cc1. The monoisotopic (exact) mass is 429 g/mol. The minimum atomic E-state index is -0.551. The van der Waals surface area contributed by atoms with E-state index >= 15 is 0 Å². The van der Waals surface area contributed by atoms with Crippen LogP contribution in [0, 0.1) is 11.6 Å². The lowest BCUT2D eigenvalue weighted by Crippen LogP contribution is -2.28. The Kier molecular flexibility index (Phi) is 7.72. The number of unbranched alkanes of at least 4 members (excludes halogenated alkanes) is 2. The van der Waals surface area contributed by atoms with Crippen molar-refractivity contribution in [3.63, 3.8) is 0 Å². The topological polar surface area (TPSA) is 86.4 Å². The molecule has 0 unspecified atom stereocenters. The predicted octanol–water partition coefficient (Wildman–Crippen LogP) is 3.52. The van der Waals surface area contributed by atoms with Crippen LogP contribution in [0.4, 0.5) is 8.78 Å². The fraction of sp³-hybridized carbons (Fsp3) is 0.304. The number of amides is 2. The highest BCUT2D eigenvalue weighted by Crippen LogP contribution is 2.21. The van der Waals surface area contributed by atoms with Gasteiger partial charge in [0.25, 0.3) is 5.91 Å². The zero-order chi connectivity index (χ0) is 22.2. The number of rotatable bonds is 11. The fourth-order valence-corrected chi connectivity index (χ4v) is 3.38. The van der Waals surface area contributed by atoms with Gasteiger partial charge in [0.1, 0.15) is 23.9 Å².